The fourth-order valence-corrected chi connectivity index (χ4v) is 2.61. The lowest BCUT2D eigenvalue weighted by Crippen LogP contribution is -2.33. The van der Waals surface area contributed by atoms with Crippen LogP contribution in [0.1, 0.15) is 31.4 Å². The van der Waals surface area contributed by atoms with E-state index >= 15 is 0 Å². The van der Waals surface area contributed by atoms with Gasteiger partial charge in [0, 0.05) is 10.7 Å². The second kappa shape index (κ2) is 8.02. The van der Waals surface area contributed by atoms with Gasteiger partial charge >= 0.3 is 0 Å². The molecule has 2 aromatic carbocycles. The number of para-hydroxylation sites is 1. The number of carbonyl (C=O) groups is 1. The Kier molecular flexibility index (Phi) is 6.05. The number of benzene rings is 2. The number of carbonyl (C=O) groups excluding carboxylic acids is 1. The van der Waals surface area contributed by atoms with Gasteiger partial charge in [-0.1, -0.05) is 49.7 Å². The maximum atomic E-state index is 12.6. The summed E-state index contributed by atoms with van der Waals surface area (Å²) in [6.07, 6.45) is 0.882. The van der Waals surface area contributed by atoms with Crippen LogP contribution in [0.3, 0.4) is 0 Å². The molecule has 0 heterocycles. The van der Waals surface area contributed by atoms with Gasteiger partial charge in [-0.05, 0) is 49.1 Å². The molecule has 1 atom stereocenters. The number of hydrogen-bond donors (Lipinski definition) is 1. The summed E-state index contributed by atoms with van der Waals surface area (Å²) in [5, 5.41) is 3.61. The summed E-state index contributed by atoms with van der Waals surface area (Å²) in [6, 6.07) is 13.1. The minimum Gasteiger partial charge on any atom is -0.481 e. The second-order valence-corrected chi connectivity index (χ2v) is 5.86. The zero-order valence-electron chi connectivity index (χ0n) is 13.7. The van der Waals surface area contributed by atoms with Crippen LogP contribution in [0, 0.1) is 6.92 Å². The molecule has 0 spiro atoms. The van der Waals surface area contributed by atoms with E-state index in [0.717, 1.165) is 23.2 Å². The molecule has 0 aliphatic rings. The zero-order chi connectivity index (χ0) is 16.8. The van der Waals surface area contributed by atoms with Gasteiger partial charge in [0.1, 0.15) is 5.75 Å². The molecule has 3 nitrogen and oxygen atoms in total. The summed E-state index contributed by atoms with van der Waals surface area (Å²) >= 11 is 5.96. The third kappa shape index (κ3) is 4.49. The van der Waals surface area contributed by atoms with Gasteiger partial charge in [0.15, 0.2) is 6.10 Å². The lowest BCUT2D eigenvalue weighted by atomic mass is 10.1. The van der Waals surface area contributed by atoms with Crippen molar-refractivity contribution in [1.82, 2.24) is 0 Å². The summed E-state index contributed by atoms with van der Waals surface area (Å²) in [5.41, 5.74) is 3.06. The molecule has 0 aliphatic carbocycles. The normalized spacial score (nSPS) is 11.8. The van der Waals surface area contributed by atoms with Gasteiger partial charge in [-0.25, -0.2) is 0 Å². The fraction of sp³-hybridized carbons (Fsp3) is 0.316. The number of hydrogen-bond acceptors (Lipinski definition) is 2. The van der Waals surface area contributed by atoms with Gasteiger partial charge in [0.05, 0.1) is 0 Å². The molecule has 0 radical (unpaired) electrons. The number of halogens is 1. The second-order valence-electron chi connectivity index (χ2n) is 5.42. The topological polar surface area (TPSA) is 38.3 Å². The molecule has 122 valence electrons. The van der Waals surface area contributed by atoms with Crippen molar-refractivity contribution in [3.05, 3.63) is 58.6 Å². The van der Waals surface area contributed by atoms with E-state index in [2.05, 4.69) is 12.2 Å². The Balaban J connectivity index is 2.15. The molecule has 23 heavy (non-hydrogen) atoms. The molecule has 1 N–H and O–H groups in total. The zero-order valence-corrected chi connectivity index (χ0v) is 14.5. The molecule has 1 amide bonds. The predicted molar refractivity (Wildman–Crippen MR) is 95.3 cm³/mol. The van der Waals surface area contributed by atoms with E-state index in [1.54, 1.807) is 24.3 Å². The van der Waals surface area contributed by atoms with Gasteiger partial charge < -0.3 is 10.1 Å². The Morgan fingerprint density at radius 1 is 1.22 bits per heavy atom. The number of rotatable bonds is 6. The molecule has 0 fully saturated rings. The first-order valence-electron chi connectivity index (χ1n) is 7.86. The van der Waals surface area contributed by atoms with E-state index in [1.165, 1.54) is 0 Å². The Bertz CT molecular complexity index is 685. The van der Waals surface area contributed by atoms with Crippen LogP contribution in [-0.4, -0.2) is 12.0 Å². The van der Waals surface area contributed by atoms with Crippen LogP contribution in [0.5, 0.6) is 5.75 Å². The average Bonchev–Trinajstić information content (AvgIpc) is 2.54. The predicted octanol–water partition coefficient (Wildman–Crippen LogP) is 5.01. The average molecular weight is 332 g/mol. The minimum atomic E-state index is -0.558. The third-order valence-electron chi connectivity index (χ3n) is 3.73. The highest BCUT2D eigenvalue weighted by Gasteiger charge is 2.20. The van der Waals surface area contributed by atoms with Gasteiger partial charge in [-0.2, -0.15) is 0 Å². The van der Waals surface area contributed by atoms with Crippen LogP contribution in [0.15, 0.2) is 42.5 Å². The molecule has 0 bridgehead atoms. The number of ether oxygens (including phenoxy) is 1. The van der Waals surface area contributed by atoms with Crippen LogP contribution < -0.4 is 10.1 Å². The van der Waals surface area contributed by atoms with Crippen molar-refractivity contribution < 1.29 is 9.53 Å². The lowest BCUT2D eigenvalue weighted by molar-refractivity contribution is -0.122. The van der Waals surface area contributed by atoms with E-state index in [0.29, 0.717) is 17.2 Å². The first-order chi connectivity index (χ1) is 11.0. The van der Waals surface area contributed by atoms with Crippen molar-refractivity contribution in [2.24, 2.45) is 0 Å². The monoisotopic (exact) mass is 331 g/mol. The fourth-order valence-electron chi connectivity index (χ4n) is 2.43. The van der Waals surface area contributed by atoms with Crippen molar-refractivity contribution in [3.8, 4) is 5.75 Å². The highest BCUT2D eigenvalue weighted by Crippen LogP contribution is 2.23. The van der Waals surface area contributed by atoms with E-state index < -0.39 is 6.10 Å². The Morgan fingerprint density at radius 2 is 1.96 bits per heavy atom. The molecule has 1 unspecified atom stereocenters. The number of nitrogens with one attached hydrogen (secondary N) is 1. The number of amides is 1. The van der Waals surface area contributed by atoms with Crippen molar-refractivity contribution in [2.75, 3.05) is 5.32 Å². The SMILES string of the molecule is CCc1cccc(C)c1NC(=O)C(CC)Oc1cccc(Cl)c1. The molecule has 0 aliphatic heterocycles. The Labute approximate surface area is 142 Å². The van der Waals surface area contributed by atoms with E-state index in [9.17, 15) is 4.79 Å². The van der Waals surface area contributed by atoms with Crippen molar-refractivity contribution >= 4 is 23.2 Å². The standard InChI is InChI=1S/C19H22ClNO2/c1-4-14-9-6-8-13(3)18(14)21-19(22)17(5-2)23-16-11-7-10-15(20)12-16/h6-12,17H,4-5H2,1-3H3,(H,21,22). The third-order valence-corrected chi connectivity index (χ3v) is 3.96. The summed E-state index contributed by atoms with van der Waals surface area (Å²) in [5.74, 6) is 0.455. The summed E-state index contributed by atoms with van der Waals surface area (Å²) in [6.45, 7) is 5.99. The van der Waals surface area contributed by atoms with E-state index in [-0.39, 0.29) is 5.91 Å². The highest BCUT2D eigenvalue weighted by atomic mass is 35.5. The molecule has 4 heteroatoms. The molecule has 0 saturated heterocycles. The highest BCUT2D eigenvalue weighted by molar-refractivity contribution is 6.30. The first kappa shape index (κ1) is 17.4. The maximum Gasteiger partial charge on any atom is 0.265 e. The van der Waals surface area contributed by atoms with E-state index in [4.69, 9.17) is 16.3 Å². The largest absolute Gasteiger partial charge is 0.481 e. The van der Waals surface area contributed by atoms with Crippen LogP contribution in [-0.2, 0) is 11.2 Å². The minimum absolute atomic E-state index is 0.142. The number of anilines is 1. The van der Waals surface area contributed by atoms with Crippen LogP contribution in [0.2, 0.25) is 5.02 Å². The molecule has 2 aromatic rings. The van der Waals surface area contributed by atoms with Gasteiger partial charge in [0.25, 0.3) is 5.91 Å². The maximum absolute atomic E-state index is 12.6. The summed E-state index contributed by atoms with van der Waals surface area (Å²) < 4.78 is 5.80. The van der Waals surface area contributed by atoms with Crippen LogP contribution >= 0.6 is 11.6 Å². The summed E-state index contributed by atoms with van der Waals surface area (Å²) in [7, 11) is 0. The molecule has 0 saturated carbocycles. The molecular weight excluding hydrogens is 310 g/mol. The quantitative estimate of drug-likeness (QED) is 0.808. The first-order valence-corrected chi connectivity index (χ1v) is 8.24. The lowest BCUT2D eigenvalue weighted by Gasteiger charge is -2.19. The van der Waals surface area contributed by atoms with Crippen molar-refractivity contribution in [1.29, 1.82) is 0 Å². The van der Waals surface area contributed by atoms with Crippen molar-refractivity contribution in [3.63, 3.8) is 0 Å². The van der Waals surface area contributed by atoms with Crippen LogP contribution in [0.4, 0.5) is 5.69 Å². The van der Waals surface area contributed by atoms with Gasteiger partial charge in [-0.3, -0.25) is 4.79 Å². The van der Waals surface area contributed by atoms with Crippen molar-refractivity contribution in [2.45, 2.75) is 39.7 Å². The smallest absolute Gasteiger partial charge is 0.265 e. The van der Waals surface area contributed by atoms with Crippen LogP contribution in [0.25, 0.3) is 0 Å². The Morgan fingerprint density at radius 3 is 2.61 bits per heavy atom. The number of aryl methyl sites for hydroxylation is 2. The molecular formula is C19H22ClNO2. The molecule has 0 aromatic heterocycles. The van der Waals surface area contributed by atoms with Gasteiger partial charge in [0.2, 0.25) is 0 Å². The summed E-state index contributed by atoms with van der Waals surface area (Å²) in [4.78, 5) is 12.6. The molecule has 2 rings (SSSR count). The van der Waals surface area contributed by atoms with E-state index in [1.807, 2.05) is 32.0 Å². The Hall–Kier alpha value is -2.00. The van der Waals surface area contributed by atoms with Gasteiger partial charge in [-0.15, -0.1) is 0 Å².